The van der Waals surface area contributed by atoms with Gasteiger partial charge in [0.1, 0.15) is 12.4 Å². The predicted molar refractivity (Wildman–Crippen MR) is 73.3 cm³/mol. The number of benzene rings is 2. The van der Waals surface area contributed by atoms with Crippen LogP contribution >= 0.6 is 0 Å². The third-order valence-corrected chi connectivity index (χ3v) is 2.77. The largest absolute Gasteiger partial charge is 0.489 e. The summed E-state index contributed by atoms with van der Waals surface area (Å²) in [6.07, 6.45) is 0. The van der Waals surface area contributed by atoms with Gasteiger partial charge in [0.15, 0.2) is 0 Å². The Bertz CT molecular complexity index is 747. The molecular weight excluding hydrogens is 256 g/mol. The molecule has 0 spiro atoms. The van der Waals surface area contributed by atoms with E-state index < -0.39 is 5.76 Å². The van der Waals surface area contributed by atoms with Crippen molar-refractivity contribution in [2.75, 3.05) is 0 Å². The van der Waals surface area contributed by atoms with Crippen molar-refractivity contribution in [2.45, 2.75) is 6.61 Å². The summed E-state index contributed by atoms with van der Waals surface area (Å²) in [5.74, 6) is 0.368. The van der Waals surface area contributed by atoms with Crippen LogP contribution in [-0.4, -0.2) is 10.2 Å². The molecule has 0 bridgehead atoms. The molecule has 0 atom stereocenters. The van der Waals surface area contributed by atoms with Crippen molar-refractivity contribution in [3.63, 3.8) is 0 Å². The fourth-order valence-corrected chi connectivity index (χ4v) is 1.81. The Balaban J connectivity index is 1.76. The standard InChI is InChI=1S/C15H12N2O3/c18-15-17-16-14(20-15)12-7-4-8-13(9-12)19-10-11-5-2-1-3-6-11/h1-9H,10H2,(H,17,18). The van der Waals surface area contributed by atoms with Gasteiger partial charge in [-0.05, 0) is 23.8 Å². The molecule has 0 unspecified atom stereocenters. The first-order chi connectivity index (χ1) is 9.81. The minimum absolute atomic E-state index is 0.250. The summed E-state index contributed by atoms with van der Waals surface area (Å²) in [4.78, 5) is 10.9. The Morgan fingerprint density at radius 2 is 1.95 bits per heavy atom. The van der Waals surface area contributed by atoms with Gasteiger partial charge in [-0.1, -0.05) is 36.4 Å². The molecule has 0 aliphatic heterocycles. The number of rotatable bonds is 4. The normalized spacial score (nSPS) is 10.4. The minimum atomic E-state index is -0.574. The lowest BCUT2D eigenvalue weighted by Gasteiger charge is -2.06. The van der Waals surface area contributed by atoms with Crippen LogP contribution < -0.4 is 10.5 Å². The monoisotopic (exact) mass is 268 g/mol. The SMILES string of the molecule is O=c1[nH]nc(-c2cccc(OCc3ccccc3)c2)o1. The molecular formula is C15H12N2O3. The summed E-state index contributed by atoms with van der Waals surface area (Å²) in [6.45, 7) is 0.481. The first-order valence-corrected chi connectivity index (χ1v) is 6.14. The van der Waals surface area contributed by atoms with Crippen molar-refractivity contribution < 1.29 is 9.15 Å². The molecule has 0 amide bonds. The van der Waals surface area contributed by atoms with E-state index in [1.807, 2.05) is 42.5 Å². The van der Waals surface area contributed by atoms with Crippen LogP contribution in [0, 0.1) is 0 Å². The van der Waals surface area contributed by atoms with Crippen LogP contribution in [0.3, 0.4) is 0 Å². The van der Waals surface area contributed by atoms with Crippen LogP contribution in [0.15, 0.2) is 63.8 Å². The van der Waals surface area contributed by atoms with E-state index in [1.165, 1.54) is 0 Å². The molecule has 2 aromatic carbocycles. The third kappa shape index (κ3) is 2.77. The van der Waals surface area contributed by atoms with E-state index in [9.17, 15) is 4.79 Å². The minimum Gasteiger partial charge on any atom is -0.489 e. The number of nitrogens with zero attached hydrogens (tertiary/aromatic N) is 1. The van der Waals surface area contributed by atoms with E-state index in [4.69, 9.17) is 9.15 Å². The first-order valence-electron chi connectivity index (χ1n) is 6.14. The second-order valence-corrected chi connectivity index (χ2v) is 4.22. The summed E-state index contributed by atoms with van der Waals surface area (Å²) in [5, 5.41) is 6.02. The van der Waals surface area contributed by atoms with Crippen LogP contribution in [0.2, 0.25) is 0 Å². The lowest BCUT2D eigenvalue weighted by Crippen LogP contribution is -1.95. The fourth-order valence-electron chi connectivity index (χ4n) is 1.81. The molecule has 100 valence electrons. The highest BCUT2D eigenvalue weighted by Crippen LogP contribution is 2.21. The molecule has 0 radical (unpaired) electrons. The smallest absolute Gasteiger partial charge is 0.434 e. The number of aromatic amines is 1. The average Bonchev–Trinajstić information content (AvgIpc) is 2.93. The van der Waals surface area contributed by atoms with E-state index in [1.54, 1.807) is 12.1 Å². The zero-order valence-corrected chi connectivity index (χ0v) is 10.6. The van der Waals surface area contributed by atoms with E-state index >= 15 is 0 Å². The average molecular weight is 268 g/mol. The molecule has 0 saturated carbocycles. The summed E-state index contributed by atoms with van der Waals surface area (Å²) >= 11 is 0. The van der Waals surface area contributed by atoms with Crippen LogP contribution in [0.25, 0.3) is 11.5 Å². The van der Waals surface area contributed by atoms with Gasteiger partial charge in [0.25, 0.3) is 0 Å². The Morgan fingerprint density at radius 1 is 1.10 bits per heavy atom. The molecule has 5 nitrogen and oxygen atoms in total. The quantitative estimate of drug-likeness (QED) is 0.789. The van der Waals surface area contributed by atoms with Gasteiger partial charge in [0.05, 0.1) is 0 Å². The third-order valence-electron chi connectivity index (χ3n) is 2.77. The molecule has 0 saturated heterocycles. The summed E-state index contributed by atoms with van der Waals surface area (Å²) in [6, 6.07) is 17.1. The second-order valence-electron chi connectivity index (χ2n) is 4.22. The van der Waals surface area contributed by atoms with Gasteiger partial charge < -0.3 is 9.15 Å². The molecule has 20 heavy (non-hydrogen) atoms. The molecule has 5 heteroatoms. The Kier molecular flexibility index (Phi) is 3.33. The second kappa shape index (κ2) is 5.44. The summed E-state index contributed by atoms with van der Waals surface area (Å²) < 4.78 is 10.6. The maximum atomic E-state index is 10.9. The maximum absolute atomic E-state index is 10.9. The number of H-pyrrole nitrogens is 1. The van der Waals surface area contributed by atoms with Gasteiger partial charge in [-0.3, -0.25) is 0 Å². The number of hydrogen-bond acceptors (Lipinski definition) is 4. The van der Waals surface area contributed by atoms with Crippen molar-refractivity contribution >= 4 is 0 Å². The van der Waals surface area contributed by atoms with Crippen molar-refractivity contribution in [3.05, 3.63) is 70.7 Å². The molecule has 1 heterocycles. The molecule has 0 aliphatic rings. The Labute approximate surface area is 114 Å². The van der Waals surface area contributed by atoms with Gasteiger partial charge in [-0.2, -0.15) is 0 Å². The fraction of sp³-hybridized carbons (Fsp3) is 0.0667. The van der Waals surface area contributed by atoms with Gasteiger partial charge in [0, 0.05) is 5.56 Å². The summed E-state index contributed by atoms with van der Waals surface area (Å²) in [7, 11) is 0. The van der Waals surface area contributed by atoms with Gasteiger partial charge in [-0.25, -0.2) is 9.89 Å². The molecule has 3 aromatic rings. The van der Waals surface area contributed by atoms with E-state index in [2.05, 4.69) is 10.2 Å². The molecule has 0 fully saturated rings. The predicted octanol–water partition coefficient (Wildman–Crippen LogP) is 2.61. The van der Waals surface area contributed by atoms with Crippen LogP contribution in [0.1, 0.15) is 5.56 Å². The van der Waals surface area contributed by atoms with Crippen molar-refractivity contribution in [1.82, 2.24) is 10.2 Å². The van der Waals surface area contributed by atoms with E-state index in [-0.39, 0.29) is 5.89 Å². The lowest BCUT2D eigenvalue weighted by atomic mass is 10.2. The molecule has 3 rings (SSSR count). The highest BCUT2D eigenvalue weighted by Gasteiger charge is 2.06. The lowest BCUT2D eigenvalue weighted by molar-refractivity contribution is 0.306. The number of aromatic nitrogens is 2. The highest BCUT2D eigenvalue weighted by atomic mass is 16.5. The summed E-state index contributed by atoms with van der Waals surface area (Å²) in [5.41, 5.74) is 1.78. The number of ether oxygens (including phenoxy) is 1. The van der Waals surface area contributed by atoms with Crippen LogP contribution in [0.4, 0.5) is 0 Å². The van der Waals surface area contributed by atoms with Gasteiger partial charge >= 0.3 is 5.76 Å². The first kappa shape index (κ1) is 12.2. The van der Waals surface area contributed by atoms with E-state index in [0.29, 0.717) is 17.9 Å². The Hall–Kier alpha value is -2.82. The highest BCUT2D eigenvalue weighted by molar-refractivity contribution is 5.55. The van der Waals surface area contributed by atoms with Crippen molar-refractivity contribution in [1.29, 1.82) is 0 Å². The molecule has 1 N–H and O–H groups in total. The zero-order chi connectivity index (χ0) is 13.8. The number of hydrogen-bond donors (Lipinski definition) is 1. The molecule has 1 aromatic heterocycles. The van der Waals surface area contributed by atoms with Crippen LogP contribution in [0.5, 0.6) is 5.75 Å². The van der Waals surface area contributed by atoms with Crippen LogP contribution in [-0.2, 0) is 6.61 Å². The van der Waals surface area contributed by atoms with Gasteiger partial charge in [-0.15, -0.1) is 5.10 Å². The topological polar surface area (TPSA) is 68.1 Å². The zero-order valence-electron chi connectivity index (χ0n) is 10.6. The maximum Gasteiger partial charge on any atom is 0.434 e. The van der Waals surface area contributed by atoms with Crippen molar-refractivity contribution in [2.24, 2.45) is 0 Å². The van der Waals surface area contributed by atoms with Crippen molar-refractivity contribution in [3.8, 4) is 17.2 Å². The number of nitrogens with one attached hydrogen (secondary N) is 1. The molecule has 0 aliphatic carbocycles. The Morgan fingerprint density at radius 3 is 2.70 bits per heavy atom. The van der Waals surface area contributed by atoms with Gasteiger partial charge in [0.2, 0.25) is 5.89 Å². The van der Waals surface area contributed by atoms with E-state index in [0.717, 1.165) is 5.56 Å².